The van der Waals surface area contributed by atoms with Crippen LogP contribution in [-0.2, 0) is 10.7 Å². The van der Waals surface area contributed by atoms with E-state index < -0.39 is 29.3 Å². The van der Waals surface area contributed by atoms with Crippen LogP contribution in [0, 0.1) is 5.41 Å². The van der Waals surface area contributed by atoms with E-state index in [9.17, 15) is 13.6 Å². The molecule has 17 heavy (non-hydrogen) atoms. The summed E-state index contributed by atoms with van der Waals surface area (Å²) in [6.45, 7) is 2.48. The lowest BCUT2D eigenvalue weighted by Crippen LogP contribution is -2.31. The minimum absolute atomic E-state index is 0.110. The van der Waals surface area contributed by atoms with E-state index in [-0.39, 0.29) is 8.67 Å². The molecular weight excluding hydrogens is 293 g/mol. The van der Waals surface area contributed by atoms with Crippen LogP contribution in [0.2, 0.25) is 8.67 Å². The van der Waals surface area contributed by atoms with Crippen LogP contribution in [0.3, 0.4) is 0 Å². The molecule has 1 aromatic heterocycles. The third-order valence-electron chi connectivity index (χ3n) is 2.29. The van der Waals surface area contributed by atoms with E-state index in [1.807, 2.05) is 0 Å². The Balaban J connectivity index is 3.04. The molecule has 0 atom stereocenters. The van der Waals surface area contributed by atoms with Gasteiger partial charge in [-0.05, 0) is 19.9 Å². The summed E-state index contributed by atoms with van der Waals surface area (Å²) in [5.74, 6) is -4.60. The summed E-state index contributed by atoms with van der Waals surface area (Å²) in [7, 11) is 0. The Labute approximate surface area is 111 Å². The quantitative estimate of drug-likeness (QED) is 0.879. The van der Waals surface area contributed by atoms with Crippen molar-refractivity contribution in [3.05, 3.63) is 20.3 Å². The van der Waals surface area contributed by atoms with Gasteiger partial charge in [0.2, 0.25) is 0 Å². The predicted octanol–water partition coefficient (Wildman–Crippen LogP) is 4.65. The number of carbonyl (C=O) groups is 1. The first-order chi connectivity index (χ1) is 7.56. The highest BCUT2D eigenvalue weighted by Crippen LogP contribution is 2.46. The number of aliphatic carboxylic acids is 1. The Kier molecular flexibility index (Phi) is 4.06. The fourth-order valence-corrected chi connectivity index (χ4v) is 2.88. The Morgan fingerprint density at radius 2 is 2.00 bits per heavy atom. The zero-order valence-corrected chi connectivity index (χ0v) is 11.4. The Bertz CT molecular complexity index is 444. The topological polar surface area (TPSA) is 37.3 Å². The van der Waals surface area contributed by atoms with E-state index in [1.165, 1.54) is 13.8 Å². The highest BCUT2D eigenvalue weighted by atomic mass is 35.5. The number of hydrogen-bond acceptors (Lipinski definition) is 2. The van der Waals surface area contributed by atoms with Crippen molar-refractivity contribution in [2.45, 2.75) is 26.2 Å². The maximum Gasteiger partial charge on any atom is 0.309 e. The maximum atomic E-state index is 13.9. The first-order valence-corrected chi connectivity index (χ1v) is 6.20. The second kappa shape index (κ2) is 4.71. The molecule has 7 heteroatoms. The molecule has 0 aliphatic heterocycles. The number of alkyl halides is 2. The van der Waals surface area contributed by atoms with Crippen molar-refractivity contribution < 1.29 is 18.7 Å². The summed E-state index contributed by atoms with van der Waals surface area (Å²) in [5.41, 5.74) is -1.95. The first-order valence-electron chi connectivity index (χ1n) is 4.63. The molecule has 0 saturated carbocycles. The molecule has 1 N–H and O–H groups in total. The van der Waals surface area contributed by atoms with Crippen LogP contribution in [0.4, 0.5) is 8.78 Å². The highest BCUT2D eigenvalue weighted by Gasteiger charge is 2.44. The molecule has 0 aliphatic carbocycles. The molecular formula is C10H10Cl2F2O2S. The van der Waals surface area contributed by atoms with Crippen LogP contribution in [0.15, 0.2) is 6.07 Å². The molecule has 0 fully saturated rings. The smallest absolute Gasteiger partial charge is 0.309 e. The summed E-state index contributed by atoms with van der Waals surface area (Å²) in [6, 6.07) is 1.08. The summed E-state index contributed by atoms with van der Waals surface area (Å²) in [4.78, 5) is 10.8. The summed E-state index contributed by atoms with van der Waals surface area (Å²) < 4.78 is 27.8. The first kappa shape index (κ1) is 14.7. The van der Waals surface area contributed by atoms with Crippen LogP contribution >= 0.6 is 34.5 Å². The van der Waals surface area contributed by atoms with E-state index in [0.717, 1.165) is 17.4 Å². The molecule has 0 aromatic carbocycles. The van der Waals surface area contributed by atoms with Crippen molar-refractivity contribution in [2.24, 2.45) is 5.41 Å². The van der Waals surface area contributed by atoms with Crippen LogP contribution in [0.5, 0.6) is 0 Å². The average molecular weight is 303 g/mol. The molecule has 2 nitrogen and oxygen atoms in total. The molecule has 1 rings (SSSR count). The van der Waals surface area contributed by atoms with Gasteiger partial charge >= 0.3 is 5.97 Å². The molecule has 0 amide bonds. The molecule has 0 saturated heterocycles. The van der Waals surface area contributed by atoms with E-state index in [4.69, 9.17) is 28.3 Å². The van der Waals surface area contributed by atoms with E-state index >= 15 is 0 Å². The van der Waals surface area contributed by atoms with Crippen molar-refractivity contribution in [1.29, 1.82) is 0 Å². The number of rotatable bonds is 4. The lowest BCUT2D eigenvalue weighted by atomic mass is 9.85. The monoisotopic (exact) mass is 302 g/mol. The van der Waals surface area contributed by atoms with Crippen molar-refractivity contribution in [1.82, 2.24) is 0 Å². The van der Waals surface area contributed by atoms with Gasteiger partial charge in [0.25, 0.3) is 5.92 Å². The van der Waals surface area contributed by atoms with Crippen molar-refractivity contribution in [3.63, 3.8) is 0 Å². The van der Waals surface area contributed by atoms with Gasteiger partial charge < -0.3 is 5.11 Å². The molecule has 0 aliphatic rings. The van der Waals surface area contributed by atoms with Crippen molar-refractivity contribution in [3.8, 4) is 0 Å². The largest absolute Gasteiger partial charge is 0.481 e. The number of carboxylic acids is 1. The van der Waals surface area contributed by atoms with Gasteiger partial charge in [0.15, 0.2) is 0 Å². The zero-order chi connectivity index (χ0) is 13.4. The van der Waals surface area contributed by atoms with Crippen LogP contribution in [0.25, 0.3) is 0 Å². The van der Waals surface area contributed by atoms with Gasteiger partial charge in [-0.3, -0.25) is 4.79 Å². The van der Waals surface area contributed by atoms with Crippen molar-refractivity contribution >= 4 is 40.5 Å². The van der Waals surface area contributed by atoms with Crippen LogP contribution in [-0.4, -0.2) is 11.1 Å². The standard InChI is InChI=1S/C10H10Cl2F2O2S/c1-9(2,8(15)16)4-10(13,14)5-3-6(11)17-7(5)12/h3H,4H2,1-2H3,(H,15,16). The molecule has 0 unspecified atom stereocenters. The molecule has 0 radical (unpaired) electrons. The van der Waals surface area contributed by atoms with Gasteiger partial charge in [-0.2, -0.15) is 0 Å². The number of carboxylic acid groups (broad SMARTS) is 1. The third-order valence-corrected chi connectivity index (χ3v) is 3.78. The SMILES string of the molecule is CC(C)(CC(F)(F)c1cc(Cl)sc1Cl)C(=O)O. The van der Waals surface area contributed by atoms with Gasteiger partial charge in [-0.25, -0.2) is 8.78 Å². The fourth-order valence-electron chi connectivity index (χ4n) is 1.32. The molecule has 1 aromatic rings. The zero-order valence-electron chi connectivity index (χ0n) is 9.06. The van der Waals surface area contributed by atoms with Gasteiger partial charge in [0.05, 0.1) is 15.3 Å². The molecule has 96 valence electrons. The fraction of sp³-hybridized carbons (Fsp3) is 0.500. The number of hydrogen-bond donors (Lipinski definition) is 1. The molecule has 1 heterocycles. The number of halogens is 4. The van der Waals surface area contributed by atoms with Gasteiger partial charge in [-0.1, -0.05) is 23.2 Å². The normalized spacial score (nSPS) is 12.8. The van der Waals surface area contributed by atoms with Gasteiger partial charge in [-0.15, -0.1) is 11.3 Å². The lowest BCUT2D eigenvalue weighted by Gasteiger charge is -2.25. The van der Waals surface area contributed by atoms with Crippen LogP contribution < -0.4 is 0 Å². The maximum absolute atomic E-state index is 13.9. The molecule has 0 spiro atoms. The predicted molar refractivity (Wildman–Crippen MR) is 64.3 cm³/mol. The average Bonchev–Trinajstić information content (AvgIpc) is 2.43. The van der Waals surface area contributed by atoms with E-state index in [0.29, 0.717) is 0 Å². The summed E-state index contributed by atoms with van der Waals surface area (Å²) in [5, 5.41) is 8.84. The molecule has 0 bridgehead atoms. The minimum Gasteiger partial charge on any atom is -0.481 e. The number of thiophene rings is 1. The lowest BCUT2D eigenvalue weighted by molar-refractivity contribution is -0.153. The highest BCUT2D eigenvalue weighted by molar-refractivity contribution is 7.20. The van der Waals surface area contributed by atoms with Crippen LogP contribution in [0.1, 0.15) is 25.8 Å². The summed E-state index contributed by atoms with van der Waals surface area (Å²) >= 11 is 12.1. The van der Waals surface area contributed by atoms with Gasteiger partial charge in [0.1, 0.15) is 4.34 Å². The second-order valence-corrected chi connectivity index (χ2v) is 6.59. The Hall–Kier alpha value is -0.390. The second-order valence-electron chi connectivity index (χ2n) is 4.31. The Morgan fingerprint density at radius 1 is 1.47 bits per heavy atom. The minimum atomic E-state index is -3.32. The van der Waals surface area contributed by atoms with E-state index in [1.54, 1.807) is 0 Å². The van der Waals surface area contributed by atoms with Gasteiger partial charge in [0, 0.05) is 6.42 Å². The van der Waals surface area contributed by atoms with Crippen molar-refractivity contribution in [2.75, 3.05) is 0 Å². The summed E-state index contributed by atoms with van der Waals surface area (Å²) in [6.07, 6.45) is -0.831. The van der Waals surface area contributed by atoms with E-state index in [2.05, 4.69) is 0 Å². The Morgan fingerprint density at radius 3 is 2.35 bits per heavy atom. The third kappa shape index (κ3) is 3.30.